The molecule has 3 aromatic rings. The second-order valence-electron chi connectivity index (χ2n) is 8.60. The summed E-state index contributed by atoms with van der Waals surface area (Å²) in [6.45, 7) is 2.90. The van der Waals surface area contributed by atoms with Crippen LogP contribution in [0, 0.1) is 11.7 Å². The van der Waals surface area contributed by atoms with Gasteiger partial charge in [0.15, 0.2) is 0 Å². The van der Waals surface area contributed by atoms with Gasteiger partial charge in [-0.3, -0.25) is 14.6 Å². The molecule has 35 heavy (non-hydrogen) atoms. The number of halogens is 1. The minimum Gasteiger partial charge on any atom is -0.481 e. The average molecular weight is 497 g/mol. The van der Waals surface area contributed by atoms with Gasteiger partial charge in [-0.2, -0.15) is 0 Å². The van der Waals surface area contributed by atoms with Crippen molar-refractivity contribution in [3.8, 4) is 5.88 Å². The third kappa shape index (κ3) is 5.20. The zero-order valence-electron chi connectivity index (χ0n) is 19.2. The Morgan fingerprint density at radius 3 is 3.06 bits per heavy atom. The van der Waals surface area contributed by atoms with E-state index in [-0.39, 0.29) is 23.3 Å². The molecule has 1 atom stereocenters. The predicted octanol–water partition coefficient (Wildman–Crippen LogP) is 2.51. The lowest BCUT2D eigenvalue weighted by molar-refractivity contribution is -0.113. The van der Waals surface area contributed by atoms with Crippen molar-refractivity contribution < 1.29 is 18.7 Å². The first kappa shape index (κ1) is 23.4. The van der Waals surface area contributed by atoms with E-state index in [4.69, 9.17) is 4.74 Å². The molecule has 0 aliphatic carbocycles. The molecular weight excluding hydrogens is 471 g/mol. The number of methoxy groups -OCH3 is 1. The number of hydrogen-bond acceptors (Lipinski definition) is 8. The van der Waals surface area contributed by atoms with E-state index in [2.05, 4.69) is 30.5 Å². The number of rotatable bonds is 7. The van der Waals surface area contributed by atoms with Crippen LogP contribution < -0.4 is 15.4 Å². The molecule has 2 amide bonds. The van der Waals surface area contributed by atoms with Crippen molar-refractivity contribution in [1.29, 1.82) is 0 Å². The number of nitrogens with zero attached hydrogens (tertiary/aromatic N) is 4. The molecule has 1 fully saturated rings. The summed E-state index contributed by atoms with van der Waals surface area (Å²) in [4.78, 5) is 40.1. The van der Waals surface area contributed by atoms with Crippen LogP contribution >= 0.6 is 11.8 Å². The van der Waals surface area contributed by atoms with Crippen molar-refractivity contribution in [3.05, 3.63) is 47.5 Å². The Balaban J connectivity index is 1.15. The van der Waals surface area contributed by atoms with E-state index < -0.39 is 0 Å². The van der Waals surface area contributed by atoms with Crippen LogP contribution in [-0.2, 0) is 11.2 Å². The van der Waals surface area contributed by atoms with E-state index in [1.165, 1.54) is 25.1 Å². The highest BCUT2D eigenvalue weighted by Crippen LogP contribution is 2.29. The second kappa shape index (κ2) is 10.1. The summed E-state index contributed by atoms with van der Waals surface area (Å²) in [5.41, 5.74) is 1.98. The number of ether oxygens (including phenoxy) is 1. The van der Waals surface area contributed by atoms with Crippen LogP contribution in [0.1, 0.15) is 22.5 Å². The predicted molar refractivity (Wildman–Crippen MR) is 130 cm³/mol. The molecule has 182 valence electrons. The molecule has 2 aliphatic rings. The maximum atomic E-state index is 14.6. The van der Waals surface area contributed by atoms with Gasteiger partial charge in [0.1, 0.15) is 17.3 Å². The number of hydrogen-bond donors (Lipinski definition) is 2. The lowest BCUT2D eigenvalue weighted by Gasteiger charge is -2.17. The number of carbonyl (C=O) groups excluding carboxylic acids is 2. The zero-order valence-corrected chi connectivity index (χ0v) is 20.0. The van der Waals surface area contributed by atoms with Gasteiger partial charge in [-0.1, -0.05) is 0 Å². The van der Waals surface area contributed by atoms with Gasteiger partial charge in [-0.25, -0.2) is 14.4 Å². The summed E-state index contributed by atoms with van der Waals surface area (Å²) in [5.74, 6) is 0.770. The number of amides is 2. The number of likely N-dealkylation sites (tertiary alicyclic amines) is 1. The van der Waals surface area contributed by atoms with Crippen molar-refractivity contribution in [3.63, 3.8) is 0 Å². The molecule has 0 bridgehead atoms. The molecule has 1 saturated heterocycles. The first-order valence-corrected chi connectivity index (χ1v) is 12.4. The van der Waals surface area contributed by atoms with Gasteiger partial charge < -0.3 is 20.3 Å². The molecule has 0 aromatic carbocycles. The zero-order chi connectivity index (χ0) is 24.4. The van der Waals surface area contributed by atoms with E-state index in [1.54, 1.807) is 18.2 Å². The second-order valence-corrected chi connectivity index (χ2v) is 9.62. The first-order chi connectivity index (χ1) is 17.0. The summed E-state index contributed by atoms with van der Waals surface area (Å²) in [5, 5.41) is 5.67. The van der Waals surface area contributed by atoms with Crippen molar-refractivity contribution in [2.24, 2.45) is 5.92 Å². The summed E-state index contributed by atoms with van der Waals surface area (Å²) < 4.78 is 19.8. The molecule has 0 unspecified atom stereocenters. The Morgan fingerprint density at radius 1 is 1.31 bits per heavy atom. The standard InChI is InChI=1S/C24H25FN6O3S/c1-34-21-5-3-17-22(30-21)15(16(25)11-26-17)7-9-31-8-6-14(12-31)10-27-24(33)18-2-4-19-23(28-18)29-20(32)13-35-19/h2-5,11,14H,6-10,12-13H2,1H3,(H,27,33)(H,28,29,32)/t14-/m0/s1. The molecule has 5 rings (SSSR count). The van der Waals surface area contributed by atoms with E-state index in [0.29, 0.717) is 59.5 Å². The molecule has 5 heterocycles. The highest BCUT2D eigenvalue weighted by atomic mass is 32.2. The summed E-state index contributed by atoms with van der Waals surface area (Å²) in [6, 6.07) is 6.98. The van der Waals surface area contributed by atoms with Crippen molar-refractivity contribution in [2.45, 2.75) is 17.7 Å². The molecule has 0 spiro atoms. The van der Waals surface area contributed by atoms with Gasteiger partial charge in [0, 0.05) is 31.3 Å². The van der Waals surface area contributed by atoms with Gasteiger partial charge in [0.25, 0.3) is 5.91 Å². The third-order valence-corrected chi connectivity index (χ3v) is 7.30. The lowest BCUT2D eigenvalue weighted by Crippen LogP contribution is -2.32. The highest BCUT2D eigenvalue weighted by Gasteiger charge is 2.24. The SMILES string of the molecule is COc1ccc2ncc(F)c(CCN3CC[C@@H](CNC(=O)c4ccc5c(n4)NC(=O)CS5)C3)c2n1. The fourth-order valence-electron chi connectivity index (χ4n) is 4.40. The van der Waals surface area contributed by atoms with Crippen LogP contribution in [0.15, 0.2) is 35.4 Å². The van der Waals surface area contributed by atoms with Crippen LogP contribution in [0.4, 0.5) is 10.2 Å². The Morgan fingerprint density at radius 2 is 2.20 bits per heavy atom. The Bertz CT molecular complexity index is 1290. The topological polar surface area (TPSA) is 109 Å². The van der Waals surface area contributed by atoms with Gasteiger partial charge in [0.05, 0.1) is 35.0 Å². The van der Waals surface area contributed by atoms with Gasteiger partial charge in [-0.05, 0) is 43.5 Å². The average Bonchev–Trinajstić information content (AvgIpc) is 3.33. The van der Waals surface area contributed by atoms with Crippen LogP contribution in [0.25, 0.3) is 11.0 Å². The number of pyridine rings is 3. The number of fused-ring (bicyclic) bond motifs is 2. The number of aromatic nitrogens is 3. The molecule has 3 aromatic heterocycles. The molecule has 0 radical (unpaired) electrons. The molecule has 2 N–H and O–H groups in total. The highest BCUT2D eigenvalue weighted by molar-refractivity contribution is 8.00. The number of nitrogens with one attached hydrogen (secondary N) is 2. The first-order valence-electron chi connectivity index (χ1n) is 11.4. The summed E-state index contributed by atoms with van der Waals surface area (Å²) >= 11 is 1.41. The Hall–Kier alpha value is -3.31. The normalized spacial score (nSPS) is 17.8. The Labute approximate surface area is 205 Å². The largest absolute Gasteiger partial charge is 0.481 e. The quantitative estimate of drug-likeness (QED) is 0.514. The molecule has 11 heteroatoms. The Kier molecular flexibility index (Phi) is 6.78. The van der Waals surface area contributed by atoms with E-state index in [1.807, 2.05) is 6.07 Å². The van der Waals surface area contributed by atoms with Crippen molar-refractivity contribution in [1.82, 2.24) is 25.2 Å². The lowest BCUT2D eigenvalue weighted by atomic mass is 10.1. The van der Waals surface area contributed by atoms with E-state index in [0.717, 1.165) is 24.4 Å². The minimum atomic E-state index is -0.367. The molecule has 0 saturated carbocycles. The summed E-state index contributed by atoms with van der Waals surface area (Å²) in [7, 11) is 1.53. The fraction of sp³-hybridized carbons (Fsp3) is 0.375. The smallest absolute Gasteiger partial charge is 0.269 e. The monoisotopic (exact) mass is 496 g/mol. The van der Waals surface area contributed by atoms with Gasteiger partial charge >= 0.3 is 0 Å². The maximum Gasteiger partial charge on any atom is 0.269 e. The third-order valence-electron chi connectivity index (χ3n) is 6.26. The van der Waals surface area contributed by atoms with Crippen molar-refractivity contribution >= 4 is 40.4 Å². The maximum absolute atomic E-state index is 14.6. The number of carbonyl (C=O) groups is 2. The van der Waals surface area contributed by atoms with Crippen LogP contribution in [0.2, 0.25) is 0 Å². The van der Waals surface area contributed by atoms with Crippen molar-refractivity contribution in [2.75, 3.05) is 44.4 Å². The number of anilines is 1. The fourth-order valence-corrected chi connectivity index (χ4v) is 5.16. The van der Waals surface area contributed by atoms with Gasteiger partial charge in [0.2, 0.25) is 11.8 Å². The molecular formula is C24H25FN6O3S. The van der Waals surface area contributed by atoms with Gasteiger partial charge in [-0.15, -0.1) is 11.8 Å². The van der Waals surface area contributed by atoms with Crippen LogP contribution in [0.5, 0.6) is 5.88 Å². The van der Waals surface area contributed by atoms with E-state index in [9.17, 15) is 14.0 Å². The molecule has 9 nitrogen and oxygen atoms in total. The molecule has 2 aliphatic heterocycles. The number of thioether (sulfide) groups is 1. The summed E-state index contributed by atoms with van der Waals surface area (Å²) in [6.07, 6.45) is 2.69. The minimum absolute atomic E-state index is 0.117. The van der Waals surface area contributed by atoms with E-state index >= 15 is 0 Å². The van der Waals surface area contributed by atoms with Crippen LogP contribution in [-0.4, -0.2) is 70.7 Å². The van der Waals surface area contributed by atoms with Crippen LogP contribution in [0.3, 0.4) is 0 Å².